The van der Waals surface area contributed by atoms with Crippen molar-refractivity contribution in [2.75, 3.05) is 4.90 Å². The molecular formula is C19H17NO. The van der Waals surface area contributed by atoms with E-state index in [1.165, 1.54) is 0 Å². The Kier molecular flexibility index (Phi) is 3.69. The fraction of sp³-hybridized carbons (Fsp3) is 0.105. The number of allylic oxidation sites excluding steroid dienone is 2. The van der Waals surface area contributed by atoms with Crippen molar-refractivity contribution in [1.82, 2.24) is 0 Å². The maximum Gasteiger partial charge on any atom is 0.236 e. The van der Waals surface area contributed by atoms with E-state index in [4.69, 9.17) is 0 Å². The first-order valence-electron chi connectivity index (χ1n) is 7.05. The predicted octanol–water partition coefficient (Wildman–Crippen LogP) is 4.13. The van der Waals surface area contributed by atoms with Crippen molar-refractivity contribution in [2.24, 2.45) is 5.92 Å². The second-order valence-corrected chi connectivity index (χ2v) is 5.05. The van der Waals surface area contributed by atoms with E-state index in [1.807, 2.05) is 65.6 Å². The molecule has 3 rings (SSSR count). The summed E-state index contributed by atoms with van der Waals surface area (Å²) in [6.45, 7) is 3.68. The Morgan fingerprint density at radius 1 is 0.952 bits per heavy atom. The van der Waals surface area contributed by atoms with Crippen molar-refractivity contribution in [3.63, 3.8) is 0 Å². The molecule has 1 saturated heterocycles. The summed E-state index contributed by atoms with van der Waals surface area (Å²) in [6, 6.07) is 20.0. The van der Waals surface area contributed by atoms with Crippen molar-refractivity contribution in [3.05, 3.63) is 91.0 Å². The lowest BCUT2D eigenvalue weighted by Crippen LogP contribution is -2.54. The summed E-state index contributed by atoms with van der Waals surface area (Å²) in [4.78, 5) is 14.4. The van der Waals surface area contributed by atoms with Gasteiger partial charge in [-0.3, -0.25) is 4.79 Å². The van der Waals surface area contributed by atoms with Gasteiger partial charge in [0, 0.05) is 5.69 Å². The molecule has 21 heavy (non-hydrogen) atoms. The van der Waals surface area contributed by atoms with E-state index in [0.717, 1.165) is 11.3 Å². The third-order valence-electron chi connectivity index (χ3n) is 3.77. The number of rotatable bonds is 4. The minimum absolute atomic E-state index is 0.0531. The molecule has 0 aromatic heterocycles. The van der Waals surface area contributed by atoms with E-state index >= 15 is 0 Å². The maximum atomic E-state index is 12.5. The number of β-lactam (4-membered cyclic amide) rings is 1. The van der Waals surface area contributed by atoms with E-state index < -0.39 is 0 Å². The zero-order valence-electron chi connectivity index (χ0n) is 11.7. The molecule has 2 heteroatoms. The molecule has 2 aromatic rings. The molecule has 0 radical (unpaired) electrons. The van der Waals surface area contributed by atoms with Crippen LogP contribution in [-0.4, -0.2) is 5.91 Å². The summed E-state index contributed by atoms with van der Waals surface area (Å²) < 4.78 is 0. The number of carbonyl (C=O) groups is 1. The van der Waals surface area contributed by atoms with Gasteiger partial charge in [0.1, 0.15) is 0 Å². The van der Waals surface area contributed by atoms with E-state index in [-0.39, 0.29) is 17.9 Å². The van der Waals surface area contributed by atoms with Gasteiger partial charge in [0.25, 0.3) is 0 Å². The molecule has 1 fully saturated rings. The zero-order valence-corrected chi connectivity index (χ0v) is 11.7. The summed E-state index contributed by atoms with van der Waals surface area (Å²) in [7, 11) is 0. The molecule has 0 spiro atoms. The van der Waals surface area contributed by atoms with Crippen LogP contribution in [0.15, 0.2) is 85.5 Å². The fourth-order valence-electron chi connectivity index (χ4n) is 2.78. The first kappa shape index (κ1) is 13.4. The lowest BCUT2D eigenvalue weighted by atomic mass is 9.81. The molecule has 2 unspecified atom stereocenters. The topological polar surface area (TPSA) is 20.3 Å². The highest BCUT2D eigenvalue weighted by atomic mass is 16.2. The minimum Gasteiger partial charge on any atom is -0.303 e. The molecule has 0 saturated carbocycles. The van der Waals surface area contributed by atoms with Crippen LogP contribution in [0.1, 0.15) is 11.6 Å². The molecule has 2 atom stereocenters. The Hall–Kier alpha value is -2.61. The third-order valence-corrected chi connectivity index (χ3v) is 3.77. The van der Waals surface area contributed by atoms with Gasteiger partial charge in [-0.15, -0.1) is 0 Å². The highest BCUT2D eigenvalue weighted by Gasteiger charge is 2.47. The molecular weight excluding hydrogens is 258 g/mol. The molecule has 0 aliphatic carbocycles. The largest absolute Gasteiger partial charge is 0.303 e. The zero-order chi connectivity index (χ0) is 14.7. The summed E-state index contributed by atoms with van der Waals surface area (Å²) >= 11 is 0. The summed E-state index contributed by atoms with van der Waals surface area (Å²) in [5.41, 5.74) is 2.10. The van der Waals surface area contributed by atoms with Crippen LogP contribution in [0.2, 0.25) is 0 Å². The van der Waals surface area contributed by atoms with Crippen LogP contribution in [0.4, 0.5) is 5.69 Å². The second-order valence-electron chi connectivity index (χ2n) is 5.05. The maximum absolute atomic E-state index is 12.5. The number of amides is 1. The smallest absolute Gasteiger partial charge is 0.236 e. The molecule has 2 aromatic carbocycles. The average Bonchev–Trinajstić information content (AvgIpc) is 2.54. The van der Waals surface area contributed by atoms with Crippen molar-refractivity contribution in [1.29, 1.82) is 0 Å². The lowest BCUT2D eigenvalue weighted by molar-refractivity contribution is -0.128. The van der Waals surface area contributed by atoms with Gasteiger partial charge < -0.3 is 4.90 Å². The van der Waals surface area contributed by atoms with Crippen LogP contribution < -0.4 is 4.90 Å². The predicted molar refractivity (Wildman–Crippen MR) is 85.9 cm³/mol. The van der Waals surface area contributed by atoms with Gasteiger partial charge >= 0.3 is 0 Å². The Labute approximate surface area is 125 Å². The molecule has 0 N–H and O–H groups in total. The summed E-state index contributed by atoms with van der Waals surface area (Å²) in [5, 5.41) is 0. The third kappa shape index (κ3) is 2.40. The van der Waals surface area contributed by atoms with Gasteiger partial charge in [0.15, 0.2) is 0 Å². The Morgan fingerprint density at radius 3 is 2.19 bits per heavy atom. The number of carbonyl (C=O) groups excluding carboxylic acids is 1. The highest BCUT2D eigenvalue weighted by Crippen LogP contribution is 2.43. The van der Waals surface area contributed by atoms with Crippen molar-refractivity contribution in [2.45, 2.75) is 6.04 Å². The van der Waals surface area contributed by atoms with Gasteiger partial charge in [-0.1, -0.05) is 73.3 Å². The van der Waals surface area contributed by atoms with Crippen molar-refractivity contribution < 1.29 is 4.79 Å². The second kappa shape index (κ2) is 5.80. The van der Waals surface area contributed by atoms with Crippen LogP contribution >= 0.6 is 0 Å². The van der Waals surface area contributed by atoms with Crippen LogP contribution in [0, 0.1) is 5.92 Å². The first-order chi connectivity index (χ1) is 10.3. The van der Waals surface area contributed by atoms with Crippen LogP contribution in [-0.2, 0) is 4.79 Å². The SMILES string of the molecule is C=CC=CC1C(=O)N(c2ccccc2)C1c1ccccc1. The van der Waals surface area contributed by atoms with E-state index in [1.54, 1.807) is 6.08 Å². The van der Waals surface area contributed by atoms with Crippen molar-refractivity contribution >= 4 is 11.6 Å². The minimum atomic E-state index is -0.120. The first-order valence-corrected chi connectivity index (χ1v) is 7.05. The van der Waals surface area contributed by atoms with Crippen molar-refractivity contribution in [3.8, 4) is 0 Å². The molecule has 2 nitrogen and oxygen atoms in total. The Morgan fingerprint density at radius 2 is 1.57 bits per heavy atom. The molecule has 1 aliphatic rings. The molecule has 1 aliphatic heterocycles. The number of benzene rings is 2. The van der Waals surface area contributed by atoms with Gasteiger partial charge in [0.05, 0.1) is 12.0 Å². The number of hydrogen-bond acceptors (Lipinski definition) is 1. The number of anilines is 1. The van der Waals surface area contributed by atoms with Gasteiger partial charge in [0.2, 0.25) is 5.91 Å². The number of nitrogens with zero attached hydrogens (tertiary/aromatic N) is 1. The molecule has 104 valence electrons. The number of para-hydroxylation sites is 1. The molecule has 0 bridgehead atoms. The molecule has 1 amide bonds. The molecule has 1 heterocycles. The highest BCUT2D eigenvalue weighted by molar-refractivity contribution is 6.04. The van der Waals surface area contributed by atoms with Gasteiger partial charge in [-0.05, 0) is 17.7 Å². The van der Waals surface area contributed by atoms with E-state index in [9.17, 15) is 4.79 Å². The van der Waals surface area contributed by atoms with Gasteiger partial charge in [-0.25, -0.2) is 0 Å². The quantitative estimate of drug-likeness (QED) is 0.607. The number of hydrogen-bond donors (Lipinski definition) is 0. The Bertz CT molecular complexity index is 660. The summed E-state index contributed by atoms with van der Waals surface area (Å²) in [5.74, 6) is 0.0127. The van der Waals surface area contributed by atoms with Crippen LogP contribution in [0.3, 0.4) is 0 Å². The van der Waals surface area contributed by atoms with Crippen LogP contribution in [0.25, 0.3) is 0 Å². The Balaban J connectivity index is 1.98. The average molecular weight is 275 g/mol. The normalized spacial score (nSPS) is 21.3. The van der Waals surface area contributed by atoms with E-state index in [0.29, 0.717) is 0 Å². The van der Waals surface area contributed by atoms with Crippen LogP contribution in [0.5, 0.6) is 0 Å². The van der Waals surface area contributed by atoms with Gasteiger partial charge in [-0.2, -0.15) is 0 Å². The summed E-state index contributed by atoms with van der Waals surface area (Å²) in [6.07, 6.45) is 5.49. The monoisotopic (exact) mass is 275 g/mol. The standard InChI is InChI=1S/C19H17NO/c1-2-3-14-17-18(15-10-6-4-7-11-15)20(19(17)21)16-12-8-5-9-13-16/h2-14,17-18H,1H2. The van der Waals surface area contributed by atoms with E-state index in [2.05, 4.69) is 18.7 Å². The lowest BCUT2D eigenvalue weighted by Gasteiger charge is -2.46. The fourth-order valence-corrected chi connectivity index (χ4v) is 2.78.